The fourth-order valence-corrected chi connectivity index (χ4v) is 2.26. The van der Waals surface area contributed by atoms with Crippen LogP contribution in [0, 0.1) is 0 Å². The van der Waals surface area contributed by atoms with Crippen LogP contribution in [0.15, 0.2) is 0 Å². The highest BCUT2D eigenvalue weighted by molar-refractivity contribution is 5.74. The first-order chi connectivity index (χ1) is 8.99. The molecular weight excluding hydrogens is 246 g/mol. The molecule has 110 valence electrons. The van der Waals surface area contributed by atoms with Crippen molar-refractivity contribution in [1.29, 1.82) is 0 Å². The van der Waals surface area contributed by atoms with Crippen LogP contribution in [0.5, 0.6) is 0 Å². The molecule has 0 spiro atoms. The molecule has 1 aliphatic rings. The highest BCUT2D eigenvalue weighted by atomic mass is 16.4. The Kier molecular flexibility index (Phi) is 6.62. The Labute approximate surface area is 114 Å². The summed E-state index contributed by atoms with van der Waals surface area (Å²) in [6, 6.07) is 0.594. The largest absolute Gasteiger partial charge is 0.481 e. The molecule has 0 aromatic rings. The van der Waals surface area contributed by atoms with Gasteiger partial charge in [0.25, 0.3) is 0 Å². The van der Waals surface area contributed by atoms with Gasteiger partial charge >= 0.3 is 12.0 Å². The lowest BCUT2D eigenvalue weighted by molar-refractivity contribution is -0.137. The zero-order valence-electron chi connectivity index (χ0n) is 11.8. The summed E-state index contributed by atoms with van der Waals surface area (Å²) < 4.78 is 0. The Morgan fingerprint density at radius 2 is 2.11 bits per heavy atom. The summed E-state index contributed by atoms with van der Waals surface area (Å²) in [6.45, 7) is 3.70. The number of hydrogen-bond acceptors (Lipinski definition) is 3. The maximum absolute atomic E-state index is 11.6. The first-order valence-electron chi connectivity index (χ1n) is 6.95. The number of likely N-dealkylation sites (tertiary alicyclic amines) is 1. The van der Waals surface area contributed by atoms with Crippen LogP contribution in [-0.4, -0.2) is 54.2 Å². The molecule has 1 aliphatic heterocycles. The molecule has 0 aromatic carbocycles. The molecule has 2 amide bonds. The van der Waals surface area contributed by atoms with Crippen LogP contribution in [0.25, 0.3) is 0 Å². The minimum atomic E-state index is -0.787. The van der Waals surface area contributed by atoms with Crippen LogP contribution >= 0.6 is 0 Å². The van der Waals surface area contributed by atoms with E-state index in [1.807, 2.05) is 0 Å². The molecule has 1 heterocycles. The third-order valence-corrected chi connectivity index (χ3v) is 3.65. The number of hydrogen-bond donors (Lipinski definition) is 3. The van der Waals surface area contributed by atoms with Gasteiger partial charge < -0.3 is 20.6 Å². The third-order valence-electron chi connectivity index (χ3n) is 3.65. The molecule has 1 rings (SSSR count). The van der Waals surface area contributed by atoms with Gasteiger partial charge in [0.05, 0.1) is 0 Å². The lowest BCUT2D eigenvalue weighted by Gasteiger charge is -2.35. The Morgan fingerprint density at radius 1 is 1.37 bits per heavy atom. The number of carbonyl (C=O) groups excluding carboxylic acids is 1. The van der Waals surface area contributed by atoms with Gasteiger partial charge in [0.15, 0.2) is 0 Å². The number of rotatable bonds is 6. The van der Waals surface area contributed by atoms with Gasteiger partial charge in [0, 0.05) is 31.6 Å². The van der Waals surface area contributed by atoms with Crippen molar-refractivity contribution in [3.8, 4) is 0 Å². The maximum Gasteiger partial charge on any atom is 0.315 e. The first-order valence-corrected chi connectivity index (χ1v) is 6.95. The molecule has 6 nitrogen and oxygen atoms in total. The number of urea groups is 1. The summed E-state index contributed by atoms with van der Waals surface area (Å²) >= 11 is 0. The molecule has 0 saturated carbocycles. The predicted octanol–water partition coefficient (Wildman–Crippen LogP) is 1.02. The van der Waals surface area contributed by atoms with Crippen molar-refractivity contribution in [1.82, 2.24) is 15.5 Å². The van der Waals surface area contributed by atoms with Gasteiger partial charge in [-0.2, -0.15) is 0 Å². The lowest BCUT2D eigenvalue weighted by atomic mass is 9.99. The minimum absolute atomic E-state index is 0.142. The number of carbonyl (C=O) groups is 2. The minimum Gasteiger partial charge on any atom is -0.481 e. The van der Waals surface area contributed by atoms with Crippen LogP contribution in [0.2, 0.25) is 0 Å². The van der Waals surface area contributed by atoms with Gasteiger partial charge in [-0.1, -0.05) is 0 Å². The van der Waals surface area contributed by atoms with Crippen molar-refractivity contribution in [3.05, 3.63) is 0 Å². The standard InChI is InChI=1S/C13H25N3O3/c1-10-9-11(6-8-16(10)2)15-13(19)14-7-4-3-5-12(17)18/h10-11H,3-9H2,1-2H3,(H,17,18)(H2,14,15,19). The monoisotopic (exact) mass is 271 g/mol. The van der Waals surface area contributed by atoms with Crippen LogP contribution < -0.4 is 10.6 Å². The van der Waals surface area contributed by atoms with Crippen LogP contribution in [-0.2, 0) is 4.79 Å². The molecule has 2 unspecified atom stereocenters. The second-order valence-electron chi connectivity index (χ2n) is 5.30. The molecule has 0 aliphatic carbocycles. The summed E-state index contributed by atoms with van der Waals surface area (Å²) in [5.41, 5.74) is 0. The molecule has 1 fully saturated rings. The number of nitrogens with one attached hydrogen (secondary N) is 2. The molecular formula is C13H25N3O3. The van der Waals surface area contributed by atoms with Crippen LogP contribution in [0.4, 0.5) is 4.79 Å². The van der Waals surface area contributed by atoms with Crippen LogP contribution in [0.3, 0.4) is 0 Å². The van der Waals surface area contributed by atoms with Crippen molar-refractivity contribution in [2.45, 2.75) is 51.1 Å². The van der Waals surface area contributed by atoms with Crippen LogP contribution in [0.1, 0.15) is 39.0 Å². The van der Waals surface area contributed by atoms with E-state index in [2.05, 4.69) is 29.5 Å². The Balaban J connectivity index is 2.09. The van der Waals surface area contributed by atoms with Gasteiger partial charge in [0.1, 0.15) is 0 Å². The zero-order chi connectivity index (χ0) is 14.3. The fraction of sp³-hybridized carbons (Fsp3) is 0.846. The SMILES string of the molecule is CC1CC(NC(=O)NCCCCC(=O)O)CCN1C. The van der Waals surface area contributed by atoms with E-state index < -0.39 is 5.97 Å². The summed E-state index contributed by atoms with van der Waals surface area (Å²) in [4.78, 5) is 24.3. The third kappa shape index (κ3) is 6.42. The Morgan fingerprint density at radius 3 is 2.74 bits per heavy atom. The van der Waals surface area contributed by atoms with E-state index in [4.69, 9.17) is 5.11 Å². The molecule has 2 atom stereocenters. The van der Waals surface area contributed by atoms with E-state index >= 15 is 0 Å². The van der Waals surface area contributed by atoms with Gasteiger partial charge in [-0.15, -0.1) is 0 Å². The summed E-state index contributed by atoms with van der Waals surface area (Å²) in [5.74, 6) is -0.787. The number of piperidine rings is 1. The number of amides is 2. The summed E-state index contributed by atoms with van der Waals surface area (Å²) in [5, 5.41) is 14.2. The molecule has 0 radical (unpaired) electrons. The number of aliphatic carboxylic acids is 1. The van der Waals surface area contributed by atoms with Crippen molar-refractivity contribution in [2.75, 3.05) is 20.1 Å². The first kappa shape index (κ1) is 15.8. The van der Waals surface area contributed by atoms with Crippen molar-refractivity contribution in [2.24, 2.45) is 0 Å². The topological polar surface area (TPSA) is 81.7 Å². The number of carboxylic acid groups (broad SMARTS) is 1. The second kappa shape index (κ2) is 7.99. The molecule has 19 heavy (non-hydrogen) atoms. The zero-order valence-corrected chi connectivity index (χ0v) is 11.8. The quantitative estimate of drug-likeness (QED) is 0.630. The second-order valence-corrected chi connectivity index (χ2v) is 5.30. The number of nitrogens with zero attached hydrogens (tertiary/aromatic N) is 1. The smallest absolute Gasteiger partial charge is 0.315 e. The van der Waals surface area contributed by atoms with Gasteiger partial charge in [-0.25, -0.2) is 4.79 Å². The summed E-state index contributed by atoms with van der Waals surface area (Å²) in [6.07, 6.45) is 3.41. The fourth-order valence-electron chi connectivity index (χ4n) is 2.26. The van der Waals surface area contributed by atoms with E-state index in [9.17, 15) is 9.59 Å². The van der Waals surface area contributed by atoms with Crippen molar-refractivity contribution in [3.63, 3.8) is 0 Å². The average Bonchev–Trinajstić information content (AvgIpc) is 2.33. The highest BCUT2D eigenvalue weighted by Gasteiger charge is 2.23. The van der Waals surface area contributed by atoms with E-state index in [-0.39, 0.29) is 18.5 Å². The van der Waals surface area contributed by atoms with Crippen molar-refractivity contribution >= 4 is 12.0 Å². The number of unbranched alkanes of at least 4 members (excludes halogenated alkanes) is 1. The lowest BCUT2D eigenvalue weighted by Crippen LogP contribution is -2.50. The molecule has 3 N–H and O–H groups in total. The van der Waals surface area contributed by atoms with E-state index in [1.54, 1.807) is 0 Å². The maximum atomic E-state index is 11.6. The summed E-state index contributed by atoms with van der Waals surface area (Å²) in [7, 11) is 2.10. The Bertz CT molecular complexity index is 310. The van der Waals surface area contributed by atoms with E-state index in [0.29, 0.717) is 25.4 Å². The highest BCUT2D eigenvalue weighted by Crippen LogP contribution is 2.14. The van der Waals surface area contributed by atoms with Gasteiger partial charge in [0.2, 0.25) is 0 Å². The predicted molar refractivity (Wildman–Crippen MR) is 73.1 cm³/mol. The van der Waals surface area contributed by atoms with E-state index in [0.717, 1.165) is 19.4 Å². The van der Waals surface area contributed by atoms with Gasteiger partial charge in [-0.3, -0.25) is 4.79 Å². The average molecular weight is 271 g/mol. The molecule has 0 bridgehead atoms. The normalized spacial score (nSPS) is 23.9. The van der Waals surface area contributed by atoms with Crippen molar-refractivity contribution < 1.29 is 14.7 Å². The van der Waals surface area contributed by atoms with Gasteiger partial charge in [-0.05, 0) is 39.7 Å². The molecule has 0 aromatic heterocycles. The number of carboxylic acids is 1. The Hall–Kier alpha value is -1.30. The molecule has 6 heteroatoms. The van der Waals surface area contributed by atoms with E-state index in [1.165, 1.54) is 0 Å². The molecule has 1 saturated heterocycles.